The zero-order chi connectivity index (χ0) is 17.0. The molecule has 0 unspecified atom stereocenters. The molecule has 23 heavy (non-hydrogen) atoms. The Morgan fingerprint density at radius 3 is 2.57 bits per heavy atom. The Morgan fingerprint density at radius 2 is 1.96 bits per heavy atom. The van der Waals surface area contributed by atoms with Crippen molar-refractivity contribution in [1.29, 1.82) is 0 Å². The molecule has 1 aromatic heterocycles. The fourth-order valence-electron chi connectivity index (χ4n) is 2.48. The molecule has 7 heteroatoms. The summed E-state index contributed by atoms with van der Waals surface area (Å²) in [5, 5.41) is 0. The molecule has 1 fully saturated rings. The van der Waals surface area contributed by atoms with E-state index in [1.165, 1.54) is 7.11 Å². The number of methoxy groups -OCH3 is 1. The van der Waals surface area contributed by atoms with E-state index in [1.54, 1.807) is 13.0 Å². The molecule has 0 saturated carbocycles. The van der Waals surface area contributed by atoms with Crippen LogP contribution in [0.5, 0.6) is 0 Å². The van der Waals surface area contributed by atoms with Gasteiger partial charge in [-0.25, -0.2) is 4.79 Å². The maximum atomic E-state index is 12.4. The molecule has 2 heterocycles. The molecule has 0 aromatic carbocycles. The Labute approximate surface area is 135 Å². The lowest BCUT2D eigenvalue weighted by atomic mass is 10.0. The van der Waals surface area contributed by atoms with Gasteiger partial charge in [-0.05, 0) is 26.8 Å². The van der Waals surface area contributed by atoms with Crippen molar-refractivity contribution in [3.63, 3.8) is 0 Å². The maximum Gasteiger partial charge on any atom is 0.374 e. The van der Waals surface area contributed by atoms with Gasteiger partial charge in [-0.3, -0.25) is 9.69 Å². The standard InChI is InChI=1S/C16H23NO6/c1-11-9-12(23-13(11)14(18)20-4)10-22-15(19)16(2,3)17-5-7-21-8-6-17/h9H,5-8,10H2,1-4H3. The van der Waals surface area contributed by atoms with Crippen molar-refractivity contribution in [1.82, 2.24) is 4.90 Å². The summed E-state index contributed by atoms with van der Waals surface area (Å²) in [5.74, 6) is -0.346. The van der Waals surface area contributed by atoms with Gasteiger partial charge in [0.05, 0.1) is 20.3 Å². The van der Waals surface area contributed by atoms with E-state index in [2.05, 4.69) is 4.74 Å². The third-order valence-corrected chi connectivity index (χ3v) is 3.99. The first-order valence-electron chi connectivity index (χ1n) is 7.54. The summed E-state index contributed by atoms with van der Waals surface area (Å²) in [6.07, 6.45) is 0. The molecular formula is C16H23NO6. The van der Waals surface area contributed by atoms with Crippen molar-refractivity contribution in [3.05, 3.63) is 23.2 Å². The average molecular weight is 325 g/mol. The molecule has 0 radical (unpaired) electrons. The number of hydrogen-bond acceptors (Lipinski definition) is 7. The predicted octanol–water partition coefficient (Wildman–Crippen LogP) is 1.53. The largest absolute Gasteiger partial charge is 0.463 e. The molecule has 0 amide bonds. The van der Waals surface area contributed by atoms with E-state index < -0.39 is 11.5 Å². The molecule has 2 rings (SSSR count). The Balaban J connectivity index is 1.97. The third kappa shape index (κ3) is 3.92. The highest BCUT2D eigenvalue weighted by atomic mass is 16.6. The zero-order valence-electron chi connectivity index (χ0n) is 14.0. The van der Waals surface area contributed by atoms with Crippen molar-refractivity contribution in [2.24, 2.45) is 0 Å². The van der Waals surface area contributed by atoms with Gasteiger partial charge < -0.3 is 18.6 Å². The molecular weight excluding hydrogens is 302 g/mol. The highest BCUT2D eigenvalue weighted by molar-refractivity contribution is 5.87. The molecule has 7 nitrogen and oxygen atoms in total. The molecule has 0 N–H and O–H groups in total. The number of rotatable bonds is 5. The lowest BCUT2D eigenvalue weighted by molar-refractivity contribution is -0.161. The smallest absolute Gasteiger partial charge is 0.374 e. The number of nitrogens with zero attached hydrogens (tertiary/aromatic N) is 1. The quantitative estimate of drug-likeness (QED) is 0.760. The first kappa shape index (κ1) is 17.5. The average Bonchev–Trinajstić information content (AvgIpc) is 2.93. The SMILES string of the molecule is COC(=O)c1oc(COC(=O)C(C)(C)N2CCOCC2)cc1C. The van der Waals surface area contributed by atoms with Gasteiger partial charge in [-0.15, -0.1) is 0 Å². The van der Waals surface area contributed by atoms with E-state index in [9.17, 15) is 9.59 Å². The first-order valence-corrected chi connectivity index (χ1v) is 7.54. The van der Waals surface area contributed by atoms with E-state index >= 15 is 0 Å². The molecule has 1 aromatic rings. The van der Waals surface area contributed by atoms with E-state index in [1.807, 2.05) is 18.7 Å². The number of ether oxygens (including phenoxy) is 3. The minimum Gasteiger partial charge on any atom is -0.463 e. The van der Waals surface area contributed by atoms with Crippen LogP contribution in [0.3, 0.4) is 0 Å². The number of esters is 2. The van der Waals surface area contributed by atoms with E-state index in [0.29, 0.717) is 37.6 Å². The van der Waals surface area contributed by atoms with Gasteiger partial charge in [0.1, 0.15) is 17.9 Å². The highest BCUT2D eigenvalue weighted by Gasteiger charge is 2.37. The summed E-state index contributed by atoms with van der Waals surface area (Å²) in [7, 11) is 1.29. The zero-order valence-corrected chi connectivity index (χ0v) is 14.0. The third-order valence-electron chi connectivity index (χ3n) is 3.99. The highest BCUT2D eigenvalue weighted by Crippen LogP contribution is 2.21. The second kappa shape index (κ2) is 7.14. The Bertz CT molecular complexity index is 571. The van der Waals surface area contributed by atoms with E-state index in [0.717, 1.165) is 0 Å². The number of furan rings is 1. The van der Waals surface area contributed by atoms with Gasteiger partial charge in [0.15, 0.2) is 0 Å². The summed E-state index contributed by atoms with van der Waals surface area (Å²) in [6.45, 7) is 7.96. The topological polar surface area (TPSA) is 78.2 Å². The molecule has 0 aliphatic carbocycles. The van der Waals surface area contributed by atoms with E-state index in [-0.39, 0.29) is 18.3 Å². The van der Waals surface area contributed by atoms with Gasteiger partial charge in [-0.1, -0.05) is 0 Å². The van der Waals surface area contributed by atoms with Crippen molar-refractivity contribution in [3.8, 4) is 0 Å². The molecule has 0 spiro atoms. The number of hydrogen-bond donors (Lipinski definition) is 0. The normalized spacial score (nSPS) is 16.2. The van der Waals surface area contributed by atoms with Crippen LogP contribution in [0.25, 0.3) is 0 Å². The van der Waals surface area contributed by atoms with Crippen LogP contribution in [0.4, 0.5) is 0 Å². The number of morpholine rings is 1. The lowest BCUT2D eigenvalue weighted by Gasteiger charge is -2.38. The van der Waals surface area contributed by atoms with Crippen molar-refractivity contribution in [2.75, 3.05) is 33.4 Å². The predicted molar refractivity (Wildman–Crippen MR) is 81.1 cm³/mol. The number of carbonyl (C=O) groups is 2. The summed E-state index contributed by atoms with van der Waals surface area (Å²) in [4.78, 5) is 25.9. The van der Waals surface area contributed by atoms with Crippen LogP contribution in [0.2, 0.25) is 0 Å². The second-order valence-electron chi connectivity index (χ2n) is 5.95. The Morgan fingerprint density at radius 1 is 1.30 bits per heavy atom. The summed E-state index contributed by atoms with van der Waals surface area (Å²) >= 11 is 0. The molecule has 128 valence electrons. The first-order chi connectivity index (χ1) is 10.9. The monoisotopic (exact) mass is 325 g/mol. The van der Waals surface area contributed by atoms with Gasteiger partial charge in [0.2, 0.25) is 5.76 Å². The van der Waals surface area contributed by atoms with Gasteiger partial charge in [0, 0.05) is 18.7 Å². The van der Waals surface area contributed by atoms with Gasteiger partial charge in [-0.2, -0.15) is 0 Å². The van der Waals surface area contributed by atoms with Crippen LogP contribution in [-0.4, -0.2) is 55.8 Å². The van der Waals surface area contributed by atoms with Crippen molar-refractivity contribution in [2.45, 2.75) is 32.9 Å². The van der Waals surface area contributed by atoms with Crippen molar-refractivity contribution >= 4 is 11.9 Å². The fraction of sp³-hybridized carbons (Fsp3) is 0.625. The maximum absolute atomic E-state index is 12.4. The van der Waals surface area contributed by atoms with Crippen LogP contribution in [-0.2, 0) is 25.6 Å². The molecule has 1 saturated heterocycles. The van der Waals surface area contributed by atoms with Crippen LogP contribution < -0.4 is 0 Å². The van der Waals surface area contributed by atoms with Gasteiger partial charge in [0.25, 0.3) is 0 Å². The van der Waals surface area contributed by atoms with Crippen molar-refractivity contribution < 1.29 is 28.2 Å². The second-order valence-corrected chi connectivity index (χ2v) is 5.95. The van der Waals surface area contributed by atoms with Crippen LogP contribution in [0.15, 0.2) is 10.5 Å². The summed E-state index contributed by atoms with van der Waals surface area (Å²) in [5.41, 5.74) is -0.0910. The number of carbonyl (C=O) groups excluding carboxylic acids is 2. The van der Waals surface area contributed by atoms with E-state index in [4.69, 9.17) is 13.9 Å². The summed E-state index contributed by atoms with van der Waals surface area (Å²) in [6, 6.07) is 1.67. The molecule has 0 bridgehead atoms. The number of aryl methyl sites for hydroxylation is 1. The lowest BCUT2D eigenvalue weighted by Crippen LogP contribution is -2.55. The fourth-order valence-corrected chi connectivity index (χ4v) is 2.48. The minimum absolute atomic E-state index is 0.0234. The van der Waals surface area contributed by atoms with Crippen LogP contribution >= 0.6 is 0 Å². The van der Waals surface area contributed by atoms with Gasteiger partial charge >= 0.3 is 11.9 Å². The summed E-state index contributed by atoms with van der Waals surface area (Å²) < 4.78 is 20.7. The molecule has 1 aliphatic heterocycles. The Hall–Kier alpha value is -1.86. The Kier molecular flexibility index (Phi) is 5.43. The van der Waals surface area contributed by atoms with Crippen LogP contribution in [0.1, 0.15) is 35.7 Å². The molecule has 1 aliphatic rings. The molecule has 0 atom stereocenters. The minimum atomic E-state index is -0.739. The van der Waals surface area contributed by atoms with Crippen LogP contribution in [0, 0.1) is 6.92 Å².